The molecule has 0 aliphatic carbocycles. The molecule has 106 valence electrons. The van der Waals surface area contributed by atoms with E-state index in [1.54, 1.807) is 0 Å². The van der Waals surface area contributed by atoms with Crippen LogP contribution in [0.3, 0.4) is 0 Å². The van der Waals surface area contributed by atoms with Crippen molar-refractivity contribution in [2.24, 2.45) is 0 Å². The maximum atomic E-state index is 12.5. The molecule has 0 saturated carbocycles. The first kappa shape index (κ1) is 16.0. The fourth-order valence-corrected chi connectivity index (χ4v) is 1.62. The maximum Gasteiger partial charge on any atom is 0.465 e. The molecule has 9 heteroatoms. The van der Waals surface area contributed by atoms with Crippen LogP contribution >= 0.6 is 23.2 Å². The fourth-order valence-electron chi connectivity index (χ4n) is 1.05. The standard InChI is InChI=1S/C10H5Cl2F5O2/c11-6-1-5(2-7(12)3-6)4-19-8(18)9(13,14)10(15,16)17/h1-3H,4H2. The summed E-state index contributed by atoms with van der Waals surface area (Å²) in [5.41, 5.74) is 0.0869. The molecule has 0 N–H and O–H groups in total. The molecule has 0 amide bonds. The van der Waals surface area contributed by atoms with E-state index in [0.717, 1.165) is 0 Å². The highest BCUT2D eigenvalue weighted by atomic mass is 35.5. The molecule has 1 aromatic carbocycles. The lowest BCUT2D eigenvalue weighted by Crippen LogP contribution is -2.45. The van der Waals surface area contributed by atoms with Crippen LogP contribution in [0.25, 0.3) is 0 Å². The second-order valence-corrected chi connectivity index (χ2v) is 4.30. The zero-order valence-electron chi connectivity index (χ0n) is 8.90. The normalized spacial score (nSPS) is 12.4. The average Bonchev–Trinajstić information content (AvgIpc) is 2.22. The minimum absolute atomic E-state index is 0.0869. The van der Waals surface area contributed by atoms with Gasteiger partial charge in [0.2, 0.25) is 0 Å². The second kappa shape index (κ2) is 5.50. The zero-order chi connectivity index (χ0) is 14.8. The highest BCUT2D eigenvalue weighted by Gasteiger charge is 2.64. The van der Waals surface area contributed by atoms with Crippen LogP contribution in [0.4, 0.5) is 22.0 Å². The van der Waals surface area contributed by atoms with Crippen LogP contribution in [-0.2, 0) is 16.1 Å². The molecule has 0 aromatic heterocycles. The van der Waals surface area contributed by atoms with Crippen LogP contribution in [0.2, 0.25) is 10.0 Å². The first-order valence-electron chi connectivity index (χ1n) is 4.61. The summed E-state index contributed by atoms with van der Waals surface area (Å²) < 4.78 is 64.5. The third kappa shape index (κ3) is 3.94. The summed E-state index contributed by atoms with van der Waals surface area (Å²) in [6.07, 6.45) is -6.00. The molecule has 1 rings (SSSR count). The van der Waals surface area contributed by atoms with Crippen LogP contribution in [0.5, 0.6) is 0 Å². The Balaban J connectivity index is 2.74. The summed E-state index contributed by atoms with van der Waals surface area (Å²) in [4.78, 5) is 10.7. The fraction of sp³-hybridized carbons (Fsp3) is 0.300. The lowest BCUT2D eigenvalue weighted by molar-refractivity contribution is -0.281. The van der Waals surface area contributed by atoms with Crippen molar-refractivity contribution >= 4 is 29.2 Å². The van der Waals surface area contributed by atoms with Crippen LogP contribution in [0.15, 0.2) is 18.2 Å². The van der Waals surface area contributed by atoms with Crippen molar-refractivity contribution in [3.63, 3.8) is 0 Å². The van der Waals surface area contributed by atoms with Gasteiger partial charge < -0.3 is 4.74 Å². The predicted octanol–water partition coefficient (Wildman–Crippen LogP) is 4.23. The second-order valence-electron chi connectivity index (χ2n) is 3.43. The summed E-state index contributed by atoms with van der Waals surface area (Å²) >= 11 is 11.1. The van der Waals surface area contributed by atoms with Gasteiger partial charge in [0.1, 0.15) is 6.61 Å². The lowest BCUT2D eigenvalue weighted by atomic mass is 10.2. The Bertz CT molecular complexity index is 467. The predicted molar refractivity (Wildman–Crippen MR) is 57.3 cm³/mol. The van der Waals surface area contributed by atoms with Crippen molar-refractivity contribution in [2.75, 3.05) is 0 Å². The molecule has 0 aliphatic rings. The molecule has 19 heavy (non-hydrogen) atoms. The summed E-state index contributed by atoms with van der Waals surface area (Å²) in [5.74, 6) is -8.24. The van der Waals surface area contributed by atoms with Crippen molar-refractivity contribution in [1.82, 2.24) is 0 Å². The number of hydrogen-bond acceptors (Lipinski definition) is 2. The van der Waals surface area contributed by atoms with Crippen molar-refractivity contribution in [3.05, 3.63) is 33.8 Å². The summed E-state index contributed by atoms with van der Waals surface area (Å²) in [6, 6.07) is 3.75. The summed E-state index contributed by atoms with van der Waals surface area (Å²) in [5, 5.41) is 0.252. The Kier molecular flexibility index (Phi) is 4.63. The minimum Gasteiger partial charge on any atom is -0.456 e. The lowest BCUT2D eigenvalue weighted by Gasteiger charge is -2.17. The van der Waals surface area contributed by atoms with Gasteiger partial charge >= 0.3 is 18.1 Å². The molecule has 0 saturated heterocycles. The third-order valence-corrected chi connectivity index (χ3v) is 2.34. The minimum atomic E-state index is -6.00. The molecule has 0 fully saturated rings. The van der Waals surface area contributed by atoms with Gasteiger partial charge in [0.05, 0.1) is 0 Å². The van der Waals surface area contributed by atoms with Gasteiger partial charge in [-0.2, -0.15) is 22.0 Å². The number of benzene rings is 1. The molecule has 2 nitrogen and oxygen atoms in total. The van der Waals surface area contributed by atoms with Gasteiger partial charge in [-0.3, -0.25) is 0 Å². The summed E-state index contributed by atoms with van der Waals surface area (Å²) in [6.45, 7) is -0.801. The molecule has 1 aromatic rings. The Morgan fingerprint density at radius 1 is 1.05 bits per heavy atom. The number of ether oxygens (including phenoxy) is 1. The number of carbonyl (C=O) groups is 1. The molecule has 0 atom stereocenters. The molecule has 0 aliphatic heterocycles. The van der Waals surface area contributed by atoms with Gasteiger partial charge in [0.25, 0.3) is 0 Å². The van der Waals surface area contributed by atoms with Gasteiger partial charge in [-0.1, -0.05) is 23.2 Å². The van der Waals surface area contributed by atoms with Gasteiger partial charge in [-0.15, -0.1) is 0 Å². The molecule has 0 unspecified atom stereocenters. The van der Waals surface area contributed by atoms with E-state index in [4.69, 9.17) is 23.2 Å². The van der Waals surface area contributed by atoms with Gasteiger partial charge in [0, 0.05) is 10.0 Å². The number of halogens is 7. The van der Waals surface area contributed by atoms with Crippen molar-refractivity contribution in [3.8, 4) is 0 Å². The number of hydrogen-bond donors (Lipinski definition) is 0. The first-order chi connectivity index (χ1) is 8.54. The molecule has 0 heterocycles. The number of alkyl halides is 5. The molecular formula is C10H5Cl2F5O2. The topological polar surface area (TPSA) is 26.3 Å². The molecule has 0 bridgehead atoms. The summed E-state index contributed by atoms with van der Waals surface area (Å²) in [7, 11) is 0. The van der Waals surface area contributed by atoms with E-state index in [9.17, 15) is 26.7 Å². The maximum absolute atomic E-state index is 12.5. The zero-order valence-corrected chi connectivity index (χ0v) is 10.4. The third-order valence-electron chi connectivity index (χ3n) is 1.90. The van der Waals surface area contributed by atoms with E-state index in [0.29, 0.717) is 0 Å². The molecular weight excluding hydrogens is 318 g/mol. The Morgan fingerprint density at radius 3 is 1.95 bits per heavy atom. The number of carbonyl (C=O) groups excluding carboxylic acids is 1. The monoisotopic (exact) mass is 322 g/mol. The highest BCUT2D eigenvalue weighted by molar-refractivity contribution is 6.34. The van der Waals surface area contributed by atoms with Crippen molar-refractivity contribution in [1.29, 1.82) is 0 Å². The molecule has 0 radical (unpaired) electrons. The first-order valence-corrected chi connectivity index (χ1v) is 5.36. The largest absolute Gasteiger partial charge is 0.465 e. The van der Waals surface area contributed by atoms with E-state index in [1.165, 1.54) is 18.2 Å². The van der Waals surface area contributed by atoms with Crippen LogP contribution < -0.4 is 0 Å². The average molecular weight is 323 g/mol. The molecule has 0 spiro atoms. The Morgan fingerprint density at radius 2 is 1.53 bits per heavy atom. The van der Waals surface area contributed by atoms with Crippen LogP contribution in [-0.4, -0.2) is 18.1 Å². The highest BCUT2D eigenvalue weighted by Crippen LogP contribution is 2.36. The van der Waals surface area contributed by atoms with E-state index >= 15 is 0 Å². The quantitative estimate of drug-likeness (QED) is 0.614. The van der Waals surface area contributed by atoms with Gasteiger partial charge in [0.15, 0.2) is 0 Å². The van der Waals surface area contributed by atoms with Gasteiger partial charge in [-0.25, -0.2) is 4.79 Å². The van der Waals surface area contributed by atoms with E-state index in [-0.39, 0.29) is 15.6 Å². The van der Waals surface area contributed by atoms with Gasteiger partial charge in [-0.05, 0) is 23.8 Å². The Hall–Kier alpha value is -1.08. The smallest absolute Gasteiger partial charge is 0.456 e. The SMILES string of the molecule is O=C(OCc1cc(Cl)cc(Cl)c1)C(F)(F)C(F)(F)F. The Labute approximate surface area is 114 Å². The number of esters is 1. The van der Waals surface area contributed by atoms with Crippen LogP contribution in [0, 0.1) is 0 Å². The van der Waals surface area contributed by atoms with E-state index < -0.39 is 24.7 Å². The van der Waals surface area contributed by atoms with Crippen LogP contribution in [0.1, 0.15) is 5.56 Å². The van der Waals surface area contributed by atoms with E-state index in [2.05, 4.69) is 4.74 Å². The van der Waals surface area contributed by atoms with Crippen molar-refractivity contribution < 1.29 is 31.5 Å². The van der Waals surface area contributed by atoms with Crippen molar-refractivity contribution in [2.45, 2.75) is 18.7 Å². The van der Waals surface area contributed by atoms with E-state index in [1.807, 2.05) is 0 Å². The number of rotatable bonds is 3.